The molecule has 1 aromatic heterocycles. The Balaban J connectivity index is 2.03. The highest BCUT2D eigenvalue weighted by molar-refractivity contribution is 5.40. The van der Waals surface area contributed by atoms with Gasteiger partial charge in [-0.2, -0.15) is 5.10 Å². The molecular weight excluding hydrogens is 306 g/mol. The van der Waals surface area contributed by atoms with Crippen molar-refractivity contribution in [3.05, 3.63) is 41.7 Å². The average Bonchev–Trinajstić information content (AvgIpc) is 2.95. The molecule has 0 aliphatic heterocycles. The maximum absolute atomic E-state index is 10.6. The van der Waals surface area contributed by atoms with E-state index in [9.17, 15) is 5.11 Å². The third-order valence-corrected chi connectivity index (χ3v) is 3.75. The Morgan fingerprint density at radius 3 is 2.71 bits per heavy atom. The van der Waals surface area contributed by atoms with E-state index >= 15 is 0 Å². The van der Waals surface area contributed by atoms with Gasteiger partial charge in [-0.3, -0.25) is 4.68 Å². The van der Waals surface area contributed by atoms with E-state index < -0.39 is 5.60 Å². The van der Waals surface area contributed by atoms with Crippen LogP contribution < -0.4 is 14.8 Å². The van der Waals surface area contributed by atoms with Gasteiger partial charge in [0.2, 0.25) is 0 Å². The molecule has 2 rings (SSSR count). The predicted octanol–water partition coefficient (Wildman–Crippen LogP) is 2.21. The largest absolute Gasteiger partial charge is 0.497 e. The van der Waals surface area contributed by atoms with Crippen molar-refractivity contribution >= 4 is 0 Å². The van der Waals surface area contributed by atoms with Crippen LogP contribution in [0.15, 0.2) is 30.6 Å². The monoisotopic (exact) mass is 333 g/mol. The van der Waals surface area contributed by atoms with E-state index in [-0.39, 0.29) is 6.10 Å². The number of aliphatic hydroxyl groups is 1. The zero-order chi connectivity index (χ0) is 17.7. The number of hydrogen-bond acceptors (Lipinski definition) is 5. The molecule has 6 nitrogen and oxygen atoms in total. The molecule has 0 radical (unpaired) electrons. The Bertz CT molecular complexity index is 665. The smallest absolute Gasteiger partial charge is 0.127 e. The number of hydrogen-bond donors (Lipinski definition) is 2. The molecular formula is C18H27N3O3. The van der Waals surface area contributed by atoms with Crippen LogP contribution in [-0.2, 0) is 19.2 Å². The zero-order valence-electron chi connectivity index (χ0n) is 15.0. The zero-order valence-corrected chi connectivity index (χ0v) is 15.0. The average molecular weight is 333 g/mol. The van der Waals surface area contributed by atoms with Crippen molar-refractivity contribution in [1.29, 1.82) is 0 Å². The summed E-state index contributed by atoms with van der Waals surface area (Å²) in [5.74, 6) is 1.55. The van der Waals surface area contributed by atoms with E-state index in [0.717, 1.165) is 22.6 Å². The van der Waals surface area contributed by atoms with Crippen molar-refractivity contribution in [2.45, 2.75) is 39.0 Å². The van der Waals surface area contributed by atoms with Crippen LogP contribution in [0.1, 0.15) is 31.9 Å². The molecule has 0 fully saturated rings. The van der Waals surface area contributed by atoms with Gasteiger partial charge in [-0.1, -0.05) is 6.07 Å². The first-order valence-electron chi connectivity index (χ1n) is 8.07. The van der Waals surface area contributed by atoms with Crippen LogP contribution in [0.5, 0.6) is 11.5 Å². The highest BCUT2D eigenvalue weighted by Crippen LogP contribution is 2.26. The van der Waals surface area contributed by atoms with Crippen molar-refractivity contribution in [2.75, 3.05) is 13.7 Å². The fraction of sp³-hybridized carbons (Fsp3) is 0.500. The van der Waals surface area contributed by atoms with Gasteiger partial charge in [0.1, 0.15) is 17.1 Å². The molecule has 0 aliphatic rings. The lowest BCUT2D eigenvalue weighted by Gasteiger charge is -2.23. The number of ether oxygens (including phenoxy) is 2. The van der Waals surface area contributed by atoms with Crippen LogP contribution in [0.3, 0.4) is 0 Å². The van der Waals surface area contributed by atoms with Crippen LogP contribution in [0.4, 0.5) is 0 Å². The molecule has 0 bridgehead atoms. The topological polar surface area (TPSA) is 68.5 Å². The predicted molar refractivity (Wildman–Crippen MR) is 93.2 cm³/mol. The lowest BCUT2D eigenvalue weighted by molar-refractivity contribution is 0.0565. The molecule has 1 atom stereocenters. The van der Waals surface area contributed by atoms with E-state index in [1.165, 1.54) is 0 Å². The fourth-order valence-electron chi connectivity index (χ4n) is 2.41. The summed E-state index contributed by atoms with van der Waals surface area (Å²) < 4.78 is 12.8. The highest BCUT2D eigenvalue weighted by atomic mass is 16.5. The Hall–Kier alpha value is -2.05. The minimum atomic E-state index is -0.986. The molecule has 2 aromatic rings. The first kappa shape index (κ1) is 18.3. The number of benzene rings is 1. The summed E-state index contributed by atoms with van der Waals surface area (Å²) in [5.41, 5.74) is 0.817. The van der Waals surface area contributed by atoms with Crippen molar-refractivity contribution in [3.8, 4) is 11.5 Å². The lowest BCUT2D eigenvalue weighted by atomic mass is 9.99. The van der Waals surface area contributed by atoms with E-state index in [4.69, 9.17) is 9.47 Å². The summed E-state index contributed by atoms with van der Waals surface area (Å²) in [6.07, 6.45) is 3.58. The molecule has 1 aromatic carbocycles. The normalized spacial score (nSPS) is 13.8. The minimum Gasteiger partial charge on any atom is -0.497 e. The van der Waals surface area contributed by atoms with E-state index in [2.05, 4.69) is 10.4 Å². The SMILES string of the molecule is COc1ccc(CNCC(C)(O)c2cnn(C)c2)c(OC(C)C)c1. The van der Waals surface area contributed by atoms with Gasteiger partial charge in [-0.15, -0.1) is 0 Å². The minimum absolute atomic E-state index is 0.0781. The molecule has 0 saturated heterocycles. The van der Waals surface area contributed by atoms with Crippen LogP contribution in [-0.4, -0.2) is 34.6 Å². The Morgan fingerprint density at radius 2 is 2.12 bits per heavy atom. The summed E-state index contributed by atoms with van der Waals surface area (Å²) in [6, 6.07) is 5.77. The molecule has 1 heterocycles. The fourth-order valence-corrected chi connectivity index (χ4v) is 2.41. The van der Waals surface area contributed by atoms with Crippen molar-refractivity contribution in [3.63, 3.8) is 0 Å². The maximum Gasteiger partial charge on any atom is 0.127 e. The van der Waals surface area contributed by atoms with Crippen molar-refractivity contribution < 1.29 is 14.6 Å². The van der Waals surface area contributed by atoms with Gasteiger partial charge in [-0.25, -0.2) is 0 Å². The number of nitrogens with zero attached hydrogens (tertiary/aromatic N) is 2. The van der Waals surface area contributed by atoms with Gasteiger partial charge in [0, 0.05) is 43.5 Å². The van der Waals surface area contributed by atoms with Crippen molar-refractivity contribution in [1.82, 2.24) is 15.1 Å². The molecule has 6 heteroatoms. The van der Waals surface area contributed by atoms with E-state index in [1.807, 2.05) is 45.3 Å². The van der Waals surface area contributed by atoms with Crippen LogP contribution in [0, 0.1) is 0 Å². The second-order valence-corrected chi connectivity index (χ2v) is 6.42. The molecule has 132 valence electrons. The number of aromatic nitrogens is 2. The first-order valence-corrected chi connectivity index (χ1v) is 8.07. The summed E-state index contributed by atoms with van der Waals surface area (Å²) in [5, 5.41) is 18.0. The first-order chi connectivity index (χ1) is 11.3. The summed E-state index contributed by atoms with van der Waals surface area (Å²) >= 11 is 0. The molecule has 0 aliphatic carbocycles. The Morgan fingerprint density at radius 1 is 1.38 bits per heavy atom. The van der Waals surface area contributed by atoms with E-state index in [0.29, 0.717) is 13.1 Å². The summed E-state index contributed by atoms with van der Waals surface area (Å²) in [6.45, 7) is 6.75. The summed E-state index contributed by atoms with van der Waals surface area (Å²) in [7, 11) is 3.47. The maximum atomic E-state index is 10.6. The van der Waals surface area contributed by atoms with Crippen molar-refractivity contribution in [2.24, 2.45) is 7.05 Å². The van der Waals surface area contributed by atoms with Gasteiger partial charge >= 0.3 is 0 Å². The number of nitrogens with one attached hydrogen (secondary N) is 1. The second kappa shape index (κ2) is 7.68. The Labute approximate surface area is 143 Å². The summed E-state index contributed by atoms with van der Waals surface area (Å²) in [4.78, 5) is 0. The molecule has 1 unspecified atom stereocenters. The highest BCUT2D eigenvalue weighted by Gasteiger charge is 2.24. The Kier molecular flexibility index (Phi) is 5.85. The standard InChI is InChI=1S/C18H27N3O3/c1-13(2)24-17-8-16(23-5)7-6-14(17)9-19-12-18(3,22)15-10-20-21(4)11-15/h6-8,10-11,13,19,22H,9,12H2,1-5H3. The van der Waals surface area contributed by atoms with Gasteiger partial charge < -0.3 is 19.9 Å². The van der Waals surface area contributed by atoms with Crippen LogP contribution in [0.25, 0.3) is 0 Å². The number of rotatable bonds is 8. The van der Waals surface area contributed by atoms with Gasteiger partial charge in [0.05, 0.1) is 19.4 Å². The van der Waals surface area contributed by atoms with Gasteiger partial charge in [-0.05, 0) is 26.8 Å². The molecule has 0 amide bonds. The molecule has 2 N–H and O–H groups in total. The number of aryl methyl sites for hydroxylation is 1. The van der Waals surface area contributed by atoms with Crippen LogP contribution >= 0.6 is 0 Å². The molecule has 0 spiro atoms. The number of methoxy groups -OCH3 is 1. The molecule has 0 saturated carbocycles. The van der Waals surface area contributed by atoms with Gasteiger partial charge in [0.25, 0.3) is 0 Å². The van der Waals surface area contributed by atoms with Gasteiger partial charge in [0.15, 0.2) is 0 Å². The van der Waals surface area contributed by atoms with Crippen LogP contribution in [0.2, 0.25) is 0 Å². The lowest BCUT2D eigenvalue weighted by Crippen LogP contribution is -2.35. The third-order valence-electron chi connectivity index (χ3n) is 3.75. The third kappa shape index (κ3) is 4.72. The second-order valence-electron chi connectivity index (χ2n) is 6.42. The molecule has 24 heavy (non-hydrogen) atoms. The quantitative estimate of drug-likeness (QED) is 0.775. The van der Waals surface area contributed by atoms with E-state index in [1.54, 1.807) is 24.9 Å².